The fourth-order valence-corrected chi connectivity index (χ4v) is 3.44. The summed E-state index contributed by atoms with van der Waals surface area (Å²) in [6.07, 6.45) is 0.974. The highest BCUT2D eigenvalue weighted by molar-refractivity contribution is 6.32. The molecule has 3 rings (SSSR count). The molecule has 0 bridgehead atoms. The van der Waals surface area contributed by atoms with Gasteiger partial charge in [-0.1, -0.05) is 41.9 Å². The van der Waals surface area contributed by atoms with Crippen LogP contribution < -0.4 is 21.9 Å². The molecule has 2 aromatic carbocycles. The summed E-state index contributed by atoms with van der Waals surface area (Å²) in [5.41, 5.74) is 3.79. The number of phenolic OH excluding ortho intramolecular Hbond substituents is 1. The standard InChI is InChI=1S/C17H18ClNO.BrH/c1-19(2)15-8-12-9-16(20)14(18)10-13(12)17(15)11-6-4-3-5-7-11;/h3-7,9-10,15,17,20H,8H2,1-2H3;1H/t15-,17-;/m1./s1. The summed E-state index contributed by atoms with van der Waals surface area (Å²) < 4.78 is 0. The van der Waals surface area contributed by atoms with Crippen LogP contribution in [0.25, 0.3) is 0 Å². The Labute approximate surface area is 141 Å². The van der Waals surface area contributed by atoms with E-state index in [1.54, 1.807) is 0 Å². The average Bonchev–Trinajstić information content (AvgIpc) is 2.79. The molecule has 0 radical (unpaired) electrons. The zero-order valence-corrected chi connectivity index (χ0v) is 14.4. The highest BCUT2D eigenvalue weighted by atomic mass is 79.9. The number of hydrogen-bond acceptors (Lipinski definition) is 1. The molecule has 112 valence electrons. The maximum absolute atomic E-state index is 9.83. The first kappa shape index (κ1) is 16.3. The lowest BCUT2D eigenvalue weighted by atomic mass is 9.89. The molecule has 0 spiro atoms. The number of benzene rings is 2. The van der Waals surface area contributed by atoms with Crippen LogP contribution in [-0.2, 0) is 6.42 Å². The number of hydrogen-bond donors (Lipinski definition) is 2. The molecule has 2 atom stereocenters. The summed E-state index contributed by atoms with van der Waals surface area (Å²) in [6, 6.07) is 14.8. The summed E-state index contributed by atoms with van der Waals surface area (Å²) in [4.78, 5) is 1.42. The van der Waals surface area contributed by atoms with Gasteiger partial charge >= 0.3 is 0 Å². The number of phenols is 1. The lowest BCUT2D eigenvalue weighted by Gasteiger charge is -2.24. The third kappa shape index (κ3) is 2.96. The van der Waals surface area contributed by atoms with Crippen LogP contribution >= 0.6 is 11.6 Å². The number of rotatable bonds is 2. The normalized spacial score (nSPS) is 20.2. The second-order valence-corrected chi connectivity index (χ2v) is 6.19. The molecule has 4 heteroatoms. The Hall–Kier alpha value is -1.03. The zero-order chi connectivity index (χ0) is 14.3. The molecule has 0 aliphatic heterocycles. The van der Waals surface area contributed by atoms with E-state index in [9.17, 15) is 5.11 Å². The predicted molar refractivity (Wildman–Crippen MR) is 81.7 cm³/mol. The van der Waals surface area contributed by atoms with Crippen molar-refractivity contribution < 1.29 is 27.0 Å². The summed E-state index contributed by atoms with van der Waals surface area (Å²) in [6.45, 7) is 0. The summed E-state index contributed by atoms with van der Waals surface area (Å²) in [5.74, 6) is 0.529. The molecular weight excluding hydrogens is 350 g/mol. The Balaban J connectivity index is 0.00000161. The van der Waals surface area contributed by atoms with Crippen LogP contribution in [0.15, 0.2) is 42.5 Å². The largest absolute Gasteiger partial charge is 1.00 e. The van der Waals surface area contributed by atoms with Gasteiger partial charge in [-0.2, -0.15) is 0 Å². The Kier molecular flexibility index (Phi) is 4.97. The molecule has 0 amide bonds. The van der Waals surface area contributed by atoms with E-state index < -0.39 is 0 Å². The Bertz CT molecular complexity index is 630. The van der Waals surface area contributed by atoms with Crippen molar-refractivity contribution in [1.82, 2.24) is 0 Å². The third-order valence-electron chi connectivity index (χ3n) is 4.29. The van der Waals surface area contributed by atoms with E-state index in [0.29, 0.717) is 17.0 Å². The van der Waals surface area contributed by atoms with E-state index >= 15 is 0 Å². The minimum absolute atomic E-state index is 0. The van der Waals surface area contributed by atoms with Gasteiger partial charge in [0.2, 0.25) is 0 Å². The molecule has 0 fully saturated rings. The van der Waals surface area contributed by atoms with Crippen molar-refractivity contribution >= 4 is 11.6 Å². The van der Waals surface area contributed by atoms with Gasteiger partial charge in [0.25, 0.3) is 0 Å². The smallest absolute Gasteiger partial charge is 0.134 e. The quantitative estimate of drug-likeness (QED) is 0.716. The number of fused-ring (bicyclic) bond motifs is 1. The minimum Gasteiger partial charge on any atom is -1.00 e. The van der Waals surface area contributed by atoms with E-state index in [0.717, 1.165) is 6.42 Å². The van der Waals surface area contributed by atoms with Crippen LogP contribution in [-0.4, -0.2) is 25.2 Å². The van der Waals surface area contributed by atoms with Crippen LogP contribution in [0.2, 0.25) is 5.02 Å². The number of halogens is 2. The maximum Gasteiger partial charge on any atom is 0.134 e. The second kappa shape index (κ2) is 6.39. The van der Waals surface area contributed by atoms with Gasteiger partial charge in [-0.15, -0.1) is 0 Å². The molecule has 21 heavy (non-hydrogen) atoms. The topological polar surface area (TPSA) is 24.7 Å². The van der Waals surface area contributed by atoms with Crippen LogP contribution in [0.4, 0.5) is 0 Å². The summed E-state index contributed by atoms with van der Waals surface area (Å²) in [7, 11) is 4.38. The van der Waals surface area contributed by atoms with Gasteiger partial charge in [0, 0.05) is 6.42 Å². The van der Waals surface area contributed by atoms with Gasteiger partial charge in [0.15, 0.2) is 0 Å². The first-order chi connectivity index (χ1) is 9.58. The molecule has 0 aromatic heterocycles. The lowest BCUT2D eigenvalue weighted by Crippen LogP contribution is -3.10. The van der Waals surface area contributed by atoms with Crippen LogP contribution in [0.3, 0.4) is 0 Å². The molecule has 0 saturated heterocycles. The molecule has 2 aromatic rings. The van der Waals surface area contributed by atoms with E-state index in [4.69, 9.17) is 11.6 Å². The molecular formula is C17H19BrClNO. The summed E-state index contributed by atoms with van der Waals surface area (Å²) in [5, 5.41) is 10.3. The van der Waals surface area contributed by atoms with Gasteiger partial charge in [-0.25, -0.2) is 0 Å². The first-order valence-electron chi connectivity index (χ1n) is 6.94. The van der Waals surface area contributed by atoms with Crippen LogP contribution in [0.1, 0.15) is 22.6 Å². The fourth-order valence-electron chi connectivity index (χ4n) is 3.27. The van der Waals surface area contributed by atoms with Crippen molar-refractivity contribution in [2.24, 2.45) is 0 Å². The van der Waals surface area contributed by atoms with Gasteiger partial charge < -0.3 is 27.0 Å². The van der Waals surface area contributed by atoms with E-state index in [1.165, 1.54) is 21.6 Å². The zero-order valence-electron chi connectivity index (χ0n) is 12.1. The van der Waals surface area contributed by atoms with Crippen molar-refractivity contribution in [3.8, 4) is 5.75 Å². The highest BCUT2D eigenvalue weighted by Crippen LogP contribution is 2.41. The molecule has 2 N–H and O–H groups in total. The molecule has 0 heterocycles. The monoisotopic (exact) mass is 367 g/mol. The number of nitrogens with one attached hydrogen (secondary N) is 1. The van der Waals surface area contributed by atoms with Crippen LogP contribution in [0, 0.1) is 0 Å². The Morgan fingerprint density at radius 3 is 2.43 bits per heavy atom. The van der Waals surface area contributed by atoms with Gasteiger partial charge in [0.05, 0.1) is 25.0 Å². The maximum atomic E-state index is 9.83. The molecule has 1 aliphatic rings. The van der Waals surface area contributed by atoms with Crippen molar-refractivity contribution in [3.63, 3.8) is 0 Å². The molecule has 0 saturated carbocycles. The van der Waals surface area contributed by atoms with E-state index in [2.05, 4.69) is 38.4 Å². The van der Waals surface area contributed by atoms with Crippen molar-refractivity contribution in [3.05, 3.63) is 64.2 Å². The van der Waals surface area contributed by atoms with Gasteiger partial charge in [0.1, 0.15) is 11.8 Å². The Morgan fingerprint density at radius 2 is 1.81 bits per heavy atom. The van der Waals surface area contributed by atoms with Crippen LogP contribution in [0.5, 0.6) is 5.75 Å². The van der Waals surface area contributed by atoms with E-state index in [1.807, 2.05) is 18.2 Å². The SMILES string of the molecule is C[NH+](C)[C@@H]1Cc2cc(O)c(Cl)cc2[C@H]1c1ccccc1.[Br-]. The molecule has 2 nitrogen and oxygen atoms in total. The predicted octanol–water partition coefficient (Wildman–Crippen LogP) is -0.749. The second-order valence-electron chi connectivity index (χ2n) is 5.78. The van der Waals surface area contributed by atoms with Gasteiger partial charge in [-0.05, 0) is 28.8 Å². The van der Waals surface area contributed by atoms with Crippen molar-refractivity contribution in [2.75, 3.05) is 14.1 Å². The first-order valence-corrected chi connectivity index (χ1v) is 7.32. The number of likely N-dealkylation sites (N-methyl/N-ethyl adjacent to an activating group) is 1. The average molecular weight is 369 g/mol. The lowest BCUT2D eigenvalue weighted by molar-refractivity contribution is -0.886. The summed E-state index contributed by atoms with van der Waals surface area (Å²) >= 11 is 6.12. The number of quaternary nitrogens is 1. The molecule has 1 aliphatic carbocycles. The fraction of sp³-hybridized carbons (Fsp3) is 0.294. The molecule has 0 unspecified atom stereocenters. The number of aromatic hydroxyl groups is 1. The van der Waals surface area contributed by atoms with Crippen molar-refractivity contribution in [2.45, 2.75) is 18.4 Å². The van der Waals surface area contributed by atoms with Crippen molar-refractivity contribution in [1.29, 1.82) is 0 Å². The highest BCUT2D eigenvalue weighted by Gasteiger charge is 2.38. The minimum atomic E-state index is 0. The third-order valence-corrected chi connectivity index (χ3v) is 4.59. The van der Waals surface area contributed by atoms with E-state index in [-0.39, 0.29) is 22.7 Å². The van der Waals surface area contributed by atoms with Gasteiger partial charge in [-0.3, -0.25) is 0 Å². The Morgan fingerprint density at radius 1 is 1.14 bits per heavy atom.